The average Bonchev–Trinajstić information content (AvgIpc) is 2.50. The molecule has 0 aliphatic rings. The van der Waals surface area contributed by atoms with Gasteiger partial charge in [0.25, 0.3) is 0 Å². The van der Waals surface area contributed by atoms with Crippen molar-refractivity contribution in [1.29, 1.82) is 0 Å². The first-order chi connectivity index (χ1) is 6.45. The van der Waals surface area contributed by atoms with E-state index in [0.29, 0.717) is 0 Å². The highest BCUT2D eigenvalue weighted by Gasteiger charge is 2.26. The molecule has 1 aromatic rings. The molecule has 2 N–H and O–H groups in total. The summed E-state index contributed by atoms with van der Waals surface area (Å²) in [6.07, 6.45) is -0.474. The molecule has 80 valence electrons. The zero-order chi connectivity index (χ0) is 10.8. The van der Waals surface area contributed by atoms with Crippen LogP contribution in [0.5, 0.6) is 0 Å². The Morgan fingerprint density at radius 3 is 2.71 bits per heavy atom. The first-order valence-electron chi connectivity index (χ1n) is 4.72. The van der Waals surface area contributed by atoms with Crippen LogP contribution in [0.2, 0.25) is 0 Å². The molecule has 0 radical (unpaired) electrons. The van der Waals surface area contributed by atoms with Gasteiger partial charge in [0.2, 0.25) is 0 Å². The van der Waals surface area contributed by atoms with Crippen molar-refractivity contribution in [2.45, 2.75) is 33.4 Å². The van der Waals surface area contributed by atoms with Crippen molar-refractivity contribution in [3.63, 3.8) is 0 Å². The number of hydrogen-bond acceptors (Lipinski definition) is 4. The highest BCUT2D eigenvalue weighted by Crippen LogP contribution is 2.33. The minimum absolute atomic E-state index is 0.144. The molecule has 3 nitrogen and oxygen atoms in total. The molecule has 0 aliphatic heterocycles. The number of nitrogens with zero attached hydrogens (tertiary/aromatic N) is 1. The van der Waals surface area contributed by atoms with Gasteiger partial charge in [0, 0.05) is 11.9 Å². The van der Waals surface area contributed by atoms with Crippen LogP contribution in [0.1, 0.15) is 37.6 Å². The molecule has 0 saturated heterocycles. The van der Waals surface area contributed by atoms with Crippen LogP contribution in [0.4, 0.5) is 0 Å². The molecule has 4 heteroatoms. The summed E-state index contributed by atoms with van der Waals surface area (Å²) in [5.74, 6) is 0. The maximum Gasteiger partial charge on any atom is 0.122 e. The van der Waals surface area contributed by atoms with E-state index in [-0.39, 0.29) is 5.41 Å². The summed E-state index contributed by atoms with van der Waals surface area (Å²) < 4.78 is 0. The Morgan fingerprint density at radius 1 is 1.57 bits per heavy atom. The molecular formula is C10H18N2OS. The fraction of sp³-hybridized carbons (Fsp3) is 0.700. The molecule has 14 heavy (non-hydrogen) atoms. The summed E-state index contributed by atoms with van der Waals surface area (Å²) in [6, 6.07) is 0. The molecule has 0 fully saturated rings. The number of aliphatic hydroxyl groups excluding tert-OH is 1. The number of aromatic nitrogens is 1. The Hall–Kier alpha value is -0.450. The van der Waals surface area contributed by atoms with Crippen LogP contribution in [0.15, 0.2) is 5.38 Å². The number of nitrogens with one attached hydrogen (secondary N) is 1. The molecule has 0 aliphatic carbocycles. The lowest BCUT2D eigenvalue weighted by Crippen LogP contribution is -2.17. The third-order valence-corrected chi connectivity index (χ3v) is 2.93. The maximum atomic E-state index is 9.97. The van der Waals surface area contributed by atoms with E-state index in [4.69, 9.17) is 0 Å². The van der Waals surface area contributed by atoms with Crippen LogP contribution in [0.25, 0.3) is 0 Å². The first-order valence-corrected chi connectivity index (χ1v) is 5.60. The standard InChI is InChI=1S/C10H18N2OS/c1-10(2,3)8(13)9-12-7(5-11-4)6-14-9/h6,8,11,13H,5H2,1-4H3. The van der Waals surface area contributed by atoms with Gasteiger partial charge in [-0.05, 0) is 12.5 Å². The second kappa shape index (κ2) is 4.38. The van der Waals surface area contributed by atoms with Gasteiger partial charge in [-0.15, -0.1) is 11.3 Å². The zero-order valence-electron chi connectivity index (χ0n) is 9.16. The molecule has 0 bridgehead atoms. The number of rotatable bonds is 3. The van der Waals surface area contributed by atoms with Crippen molar-refractivity contribution in [2.75, 3.05) is 7.05 Å². The smallest absolute Gasteiger partial charge is 0.122 e. The van der Waals surface area contributed by atoms with Crippen LogP contribution in [0.3, 0.4) is 0 Å². The van der Waals surface area contributed by atoms with Crippen molar-refractivity contribution in [1.82, 2.24) is 10.3 Å². The Labute approximate surface area is 89.2 Å². The molecule has 0 aromatic carbocycles. The monoisotopic (exact) mass is 214 g/mol. The number of aliphatic hydroxyl groups is 1. The van der Waals surface area contributed by atoms with Gasteiger partial charge in [0.05, 0.1) is 5.69 Å². The lowest BCUT2D eigenvalue weighted by molar-refractivity contribution is 0.0623. The van der Waals surface area contributed by atoms with E-state index in [9.17, 15) is 5.11 Å². The van der Waals surface area contributed by atoms with Gasteiger partial charge in [-0.25, -0.2) is 4.98 Å². The van der Waals surface area contributed by atoms with Gasteiger partial charge in [-0.1, -0.05) is 20.8 Å². The molecule has 1 unspecified atom stereocenters. The SMILES string of the molecule is CNCc1csc(C(O)C(C)(C)C)n1. The number of thiazole rings is 1. The zero-order valence-corrected chi connectivity index (χ0v) is 9.98. The summed E-state index contributed by atoms with van der Waals surface area (Å²) in [5.41, 5.74) is 0.852. The Kier molecular flexibility index (Phi) is 3.64. The number of hydrogen-bond donors (Lipinski definition) is 2. The average molecular weight is 214 g/mol. The van der Waals surface area contributed by atoms with Gasteiger partial charge >= 0.3 is 0 Å². The van der Waals surface area contributed by atoms with E-state index >= 15 is 0 Å². The second-order valence-corrected chi connectivity index (χ2v) is 5.37. The molecule has 1 rings (SSSR count). The summed E-state index contributed by atoms with van der Waals surface area (Å²) in [5, 5.41) is 15.8. The van der Waals surface area contributed by atoms with Gasteiger partial charge in [0.1, 0.15) is 11.1 Å². The maximum absolute atomic E-state index is 9.97. The minimum atomic E-state index is -0.474. The summed E-state index contributed by atoms with van der Waals surface area (Å²) in [6.45, 7) is 6.79. The fourth-order valence-corrected chi connectivity index (χ4v) is 2.13. The summed E-state index contributed by atoms with van der Waals surface area (Å²) >= 11 is 1.52. The predicted molar refractivity (Wildman–Crippen MR) is 59.3 cm³/mol. The van der Waals surface area contributed by atoms with Crippen LogP contribution >= 0.6 is 11.3 Å². The largest absolute Gasteiger partial charge is 0.385 e. The fourth-order valence-electron chi connectivity index (χ4n) is 1.08. The van der Waals surface area contributed by atoms with Crippen LogP contribution in [0, 0.1) is 5.41 Å². The molecule has 0 amide bonds. The molecule has 0 spiro atoms. The van der Waals surface area contributed by atoms with E-state index in [1.807, 2.05) is 33.2 Å². The first kappa shape index (κ1) is 11.6. The van der Waals surface area contributed by atoms with E-state index in [1.54, 1.807) is 0 Å². The van der Waals surface area contributed by atoms with E-state index in [0.717, 1.165) is 17.2 Å². The van der Waals surface area contributed by atoms with Crippen molar-refractivity contribution in [2.24, 2.45) is 5.41 Å². The van der Waals surface area contributed by atoms with E-state index < -0.39 is 6.10 Å². The molecule has 1 aromatic heterocycles. The summed E-state index contributed by atoms with van der Waals surface area (Å²) in [4.78, 5) is 4.37. The Morgan fingerprint density at radius 2 is 2.21 bits per heavy atom. The Bertz CT molecular complexity index is 291. The van der Waals surface area contributed by atoms with Gasteiger partial charge in [-0.2, -0.15) is 0 Å². The quantitative estimate of drug-likeness (QED) is 0.808. The summed E-state index contributed by atoms with van der Waals surface area (Å²) in [7, 11) is 1.89. The highest BCUT2D eigenvalue weighted by atomic mass is 32.1. The molecule has 1 atom stereocenters. The van der Waals surface area contributed by atoms with Crippen LogP contribution in [-0.2, 0) is 6.54 Å². The van der Waals surface area contributed by atoms with Gasteiger partial charge in [0.15, 0.2) is 0 Å². The van der Waals surface area contributed by atoms with E-state index in [1.165, 1.54) is 11.3 Å². The predicted octanol–water partition coefficient (Wildman–Crippen LogP) is 1.94. The van der Waals surface area contributed by atoms with E-state index in [2.05, 4.69) is 10.3 Å². The molecular weight excluding hydrogens is 196 g/mol. The van der Waals surface area contributed by atoms with Gasteiger partial charge < -0.3 is 10.4 Å². The van der Waals surface area contributed by atoms with Crippen molar-refractivity contribution >= 4 is 11.3 Å². The lowest BCUT2D eigenvalue weighted by Gasteiger charge is -2.23. The van der Waals surface area contributed by atoms with Gasteiger partial charge in [-0.3, -0.25) is 0 Å². The second-order valence-electron chi connectivity index (χ2n) is 4.48. The van der Waals surface area contributed by atoms with Crippen LogP contribution < -0.4 is 5.32 Å². The van der Waals surface area contributed by atoms with Crippen LogP contribution in [-0.4, -0.2) is 17.1 Å². The molecule has 0 saturated carbocycles. The molecule has 1 heterocycles. The normalized spacial score (nSPS) is 14.4. The van der Waals surface area contributed by atoms with Crippen molar-refractivity contribution in [3.8, 4) is 0 Å². The highest BCUT2D eigenvalue weighted by molar-refractivity contribution is 7.09. The Balaban J connectivity index is 2.76. The third kappa shape index (κ3) is 2.77. The minimum Gasteiger partial charge on any atom is -0.385 e. The third-order valence-electron chi connectivity index (χ3n) is 1.98. The van der Waals surface area contributed by atoms with Crippen molar-refractivity contribution < 1.29 is 5.11 Å². The topological polar surface area (TPSA) is 45.1 Å². The van der Waals surface area contributed by atoms with Crippen molar-refractivity contribution in [3.05, 3.63) is 16.1 Å². The lowest BCUT2D eigenvalue weighted by atomic mass is 9.90.